The summed E-state index contributed by atoms with van der Waals surface area (Å²) in [6, 6.07) is 5.73. The van der Waals surface area contributed by atoms with Crippen molar-refractivity contribution in [2.45, 2.75) is 57.2 Å². The third-order valence-corrected chi connectivity index (χ3v) is 8.54. The highest BCUT2D eigenvalue weighted by atomic mass is 19.1. The van der Waals surface area contributed by atoms with Crippen LogP contribution in [0.1, 0.15) is 49.7 Å². The summed E-state index contributed by atoms with van der Waals surface area (Å²) in [5.41, 5.74) is 0.544. The molecule has 1 saturated carbocycles. The number of benzene rings is 2. The van der Waals surface area contributed by atoms with Gasteiger partial charge in [-0.25, -0.2) is 13.6 Å². The van der Waals surface area contributed by atoms with Gasteiger partial charge in [-0.3, -0.25) is 4.98 Å². The molecule has 6 nitrogen and oxygen atoms in total. The number of phenols is 1. The highest BCUT2D eigenvalue weighted by Gasteiger charge is 2.68. The maximum absolute atomic E-state index is 16.3. The fourth-order valence-electron chi connectivity index (χ4n) is 6.75. The molecule has 38 heavy (non-hydrogen) atoms. The second-order valence-corrected chi connectivity index (χ2v) is 10.7. The highest BCUT2D eigenvalue weighted by molar-refractivity contribution is 6.04. The second-order valence-electron chi connectivity index (χ2n) is 10.7. The molecule has 0 amide bonds. The van der Waals surface area contributed by atoms with Gasteiger partial charge in [0.1, 0.15) is 23.1 Å². The van der Waals surface area contributed by atoms with Crippen LogP contribution in [0.15, 0.2) is 35.3 Å². The van der Waals surface area contributed by atoms with E-state index in [1.165, 1.54) is 6.07 Å². The number of fused-ring (bicyclic) bond motifs is 4. The Labute approximate surface area is 217 Å². The van der Waals surface area contributed by atoms with Gasteiger partial charge >= 0.3 is 5.69 Å². The number of nitrogens with zero attached hydrogens (tertiary/aromatic N) is 3. The summed E-state index contributed by atoms with van der Waals surface area (Å²) in [4.78, 5) is 26.8. The Kier molecular flexibility index (Phi) is 5.03. The molecule has 4 aliphatic rings. The molecule has 3 aliphatic heterocycles. The predicted molar refractivity (Wildman–Crippen MR) is 143 cm³/mol. The Morgan fingerprint density at radius 3 is 2.97 bits per heavy atom. The summed E-state index contributed by atoms with van der Waals surface area (Å²) in [6.45, 7) is 2.45. The summed E-state index contributed by atoms with van der Waals surface area (Å²) >= 11 is 0. The lowest BCUT2D eigenvalue weighted by Crippen LogP contribution is -2.34. The van der Waals surface area contributed by atoms with Crippen molar-refractivity contribution in [2.24, 2.45) is 5.92 Å². The third-order valence-electron chi connectivity index (χ3n) is 8.54. The van der Waals surface area contributed by atoms with Gasteiger partial charge in [0.25, 0.3) is 0 Å². The van der Waals surface area contributed by atoms with Gasteiger partial charge in [0.2, 0.25) is 0 Å². The van der Waals surface area contributed by atoms with E-state index in [0.29, 0.717) is 70.1 Å². The van der Waals surface area contributed by atoms with Crippen LogP contribution < -0.4 is 10.6 Å². The molecule has 5 heterocycles. The Bertz CT molecular complexity index is 1770. The zero-order valence-corrected chi connectivity index (χ0v) is 20.9. The lowest BCUT2D eigenvalue weighted by molar-refractivity contribution is 0.242. The molecule has 2 aromatic carbocycles. The maximum atomic E-state index is 16.3. The van der Waals surface area contributed by atoms with Crippen molar-refractivity contribution in [3.63, 3.8) is 0 Å². The van der Waals surface area contributed by atoms with Crippen molar-refractivity contribution in [1.29, 1.82) is 0 Å². The summed E-state index contributed by atoms with van der Waals surface area (Å²) < 4.78 is 31.5. The Balaban J connectivity index is 1.56. The Morgan fingerprint density at radius 1 is 1.24 bits per heavy atom. The largest absolute Gasteiger partial charge is 0.508 e. The number of hydrogen-bond acceptors (Lipinski definition) is 5. The van der Waals surface area contributed by atoms with E-state index < -0.39 is 17.2 Å². The van der Waals surface area contributed by atoms with Crippen LogP contribution >= 0.6 is 0 Å². The number of aromatic nitrogens is 3. The van der Waals surface area contributed by atoms with E-state index in [-0.39, 0.29) is 23.3 Å². The number of pyridine rings is 1. The molecule has 8 rings (SSSR count). The number of nitrogens with one attached hydrogen (secondary N) is 1. The number of aromatic amines is 1. The van der Waals surface area contributed by atoms with Gasteiger partial charge in [0.05, 0.1) is 28.2 Å². The average Bonchev–Trinajstić information content (AvgIpc) is 3.54. The average molecular weight is 513 g/mol. The monoisotopic (exact) mass is 512 g/mol. The molecule has 2 aromatic heterocycles. The van der Waals surface area contributed by atoms with E-state index in [4.69, 9.17) is 4.98 Å². The van der Waals surface area contributed by atoms with Crippen LogP contribution in [0.3, 0.4) is 0 Å². The molecular weight excluding hydrogens is 486 g/mol. The first kappa shape index (κ1) is 23.2. The van der Waals surface area contributed by atoms with Gasteiger partial charge in [-0.2, -0.15) is 4.98 Å². The van der Waals surface area contributed by atoms with Crippen molar-refractivity contribution in [1.82, 2.24) is 15.0 Å². The molecule has 0 spiro atoms. The van der Waals surface area contributed by atoms with E-state index in [0.717, 1.165) is 19.3 Å². The predicted octanol–water partition coefficient (Wildman–Crippen LogP) is 5.52. The highest BCUT2D eigenvalue weighted by Crippen LogP contribution is 2.58. The van der Waals surface area contributed by atoms with Gasteiger partial charge in [0.15, 0.2) is 0 Å². The summed E-state index contributed by atoms with van der Waals surface area (Å²) in [5.74, 6) is 5.96. The van der Waals surface area contributed by atoms with Crippen LogP contribution in [-0.2, 0) is 0 Å². The van der Waals surface area contributed by atoms with Gasteiger partial charge in [-0.05, 0) is 61.8 Å². The first-order valence-electron chi connectivity index (χ1n) is 13.2. The minimum Gasteiger partial charge on any atom is -0.508 e. The molecule has 8 heteroatoms. The normalized spacial score (nSPS) is 24.2. The van der Waals surface area contributed by atoms with Gasteiger partial charge < -0.3 is 15.0 Å². The second kappa shape index (κ2) is 8.26. The minimum atomic E-state index is -1.37. The zero-order chi connectivity index (χ0) is 26.2. The lowest BCUT2D eigenvalue weighted by atomic mass is 9.94. The van der Waals surface area contributed by atoms with E-state index in [1.807, 2.05) is 11.8 Å². The van der Waals surface area contributed by atoms with E-state index in [9.17, 15) is 9.90 Å². The van der Waals surface area contributed by atoms with Crippen molar-refractivity contribution >= 4 is 27.5 Å². The quantitative estimate of drug-likeness (QED) is 0.303. The molecule has 4 aromatic rings. The molecule has 1 saturated heterocycles. The zero-order valence-electron chi connectivity index (χ0n) is 20.9. The van der Waals surface area contributed by atoms with Crippen LogP contribution in [0.4, 0.5) is 14.6 Å². The Morgan fingerprint density at radius 2 is 2.11 bits per heavy atom. The van der Waals surface area contributed by atoms with Gasteiger partial charge in [-0.1, -0.05) is 24.3 Å². The molecule has 2 fully saturated rings. The maximum Gasteiger partial charge on any atom is 0.347 e. The number of anilines is 1. The molecule has 0 unspecified atom stereocenters. The number of alkyl halides is 1. The van der Waals surface area contributed by atoms with Crippen LogP contribution in [0, 0.1) is 30.5 Å². The van der Waals surface area contributed by atoms with Crippen LogP contribution in [-0.4, -0.2) is 38.3 Å². The van der Waals surface area contributed by atoms with Crippen molar-refractivity contribution in [3.05, 3.63) is 57.9 Å². The van der Waals surface area contributed by atoms with Crippen LogP contribution in [0.5, 0.6) is 5.75 Å². The van der Waals surface area contributed by atoms with E-state index >= 15 is 8.78 Å². The van der Waals surface area contributed by atoms with Crippen LogP contribution in [0.2, 0.25) is 0 Å². The first-order valence-corrected chi connectivity index (χ1v) is 13.2. The number of aryl methyl sites for hydroxylation is 1. The number of halogens is 2. The number of hydrogen-bond donors (Lipinski definition) is 2. The molecule has 4 bridgehead atoms. The van der Waals surface area contributed by atoms with Crippen molar-refractivity contribution in [2.75, 3.05) is 11.4 Å². The fraction of sp³-hybridized carbons (Fsp3) is 0.367. The van der Waals surface area contributed by atoms with Crippen molar-refractivity contribution < 1.29 is 13.9 Å². The lowest BCUT2D eigenvalue weighted by Gasteiger charge is -2.26. The fourth-order valence-corrected chi connectivity index (χ4v) is 6.75. The van der Waals surface area contributed by atoms with Gasteiger partial charge in [-0.15, -0.1) is 0 Å². The minimum absolute atomic E-state index is 0.0151. The Hall–Kier alpha value is -3.99. The summed E-state index contributed by atoms with van der Waals surface area (Å²) in [5, 5.41) is 12.3. The number of H-pyrrole nitrogens is 1. The molecule has 3 atom stereocenters. The molecule has 0 radical (unpaired) electrons. The molecule has 192 valence electrons. The standard InChI is InChI=1S/C30H26F2N4O2/c1-16-25-20-14-18(37)13-17-9-10-23(31)19(24(17)20)7-3-2-5-11-30(32)22-8-4-6-12-36(27(22)30)28-21(15-33-25)26(16)34-29(38)35-28/h9-10,13-15,22,27,37H,2,4-6,8,11-12H2,1H3,(H,34,35,38)/t22-,27+,30+/m1/s1. The molecule has 1 aliphatic carbocycles. The number of phenolic OH excluding ortho intramolecular Hbond substituents is 1. The van der Waals surface area contributed by atoms with Crippen LogP contribution in [0.25, 0.3) is 32.9 Å². The first-order chi connectivity index (χ1) is 18.4. The molecular formula is C30H26F2N4O2. The molecule has 2 N–H and O–H groups in total. The van der Waals surface area contributed by atoms with Crippen molar-refractivity contribution in [3.8, 4) is 28.8 Å². The van der Waals surface area contributed by atoms with E-state index in [1.54, 1.807) is 24.4 Å². The van der Waals surface area contributed by atoms with Gasteiger partial charge in [0, 0.05) is 36.0 Å². The topological polar surface area (TPSA) is 82.1 Å². The number of aromatic hydroxyl groups is 1. The van der Waals surface area contributed by atoms with E-state index in [2.05, 4.69) is 21.8 Å². The smallest absolute Gasteiger partial charge is 0.347 e. The summed E-state index contributed by atoms with van der Waals surface area (Å²) in [7, 11) is 0. The number of rotatable bonds is 0. The SMILES string of the molecule is Cc1c2ncc3c(nc(=O)[nH]c13)N1CCCC[C@@H]3[C@H]1[C@]3(F)CCCC#Cc1c(F)ccc3cc(O)cc-2c13. The summed E-state index contributed by atoms with van der Waals surface area (Å²) in [6.07, 6.45) is 5.62. The third kappa shape index (κ3) is 3.34.